The second-order valence-corrected chi connectivity index (χ2v) is 9.28. The zero-order valence-electron chi connectivity index (χ0n) is 21.6. The van der Waals surface area contributed by atoms with Crippen LogP contribution in [0.15, 0.2) is 94.5 Å². The average Bonchev–Trinajstić information content (AvgIpc) is 3.28. The van der Waals surface area contributed by atoms with Crippen LogP contribution < -0.4 is 11.1 Å². The number of aromatic carboxylic acids is 1. The Morgan fingerprint density at radius 1 is 0.658 bits per heavy atom. The van der Waals surface area contributed by atoms with Crippen molar-refractivity contribution in [3.05, 3.63) is 139 Å². The molecule has 0 aliphatic rings. The molecule has 0 radical (unpaired) electrons. The molecule has 0 bridgehead atoms. The molecule has 1 N–H and O–H groups in total. The molecular formula is C30H28N4O4. The van der Waals surface area contributed by atoms with Crippen molar-refractivity contribution in [3.8, 4) is 11.4 Å². The molecule has 0 aliphatic heterocycles. The summed E-state index contributed by atoms with van der Waals surface area (Å²) in [5.41, 5.74) is 3.14. The van der Waals surface area contributed by atoms with E-state index in [1.165, 1.54) is 6.07 Å². The van der Waals surface area contributed by atoms with Gasteiger partial charge in [0, 0.05) is 31.4 Å². The maximum absolute atomic E-state index is 14.1. The van der Waals surface area contributed by atoms with Gasteiger partial charge in [0.05, 0.1) is 28.1 Å². The molecule has 8 nitrogen and oxygen atoms in total. The normalized spacial score (nSPS) is 11.3. The second-order valence-electron chi connectivity index (χ2n) is 9.28. The van der Waals surface area contributed by atoms with Crippen LogP contribution in [0.3, 0.4) is 0 Å². The van der Waals surface area contributed by atoms with Crippen LogP contribution in [-0.4, -0.2) is 29.8 Å². The van der Waals surface area contributed by atoms with Crippen molar-refractivity contribution >= 4 is 5.97 Å². The highest BCUT2D eigenvalue weighted by molar-refractivity contribution is 5.90. The molecule has 38 heavy (non-hydrogen) atoms. The monoisotopic (exact) mass is 508 g/mol. The van der Waals surface area contributed by atoms with E-state index >= 15 is 0 Å². The topological polar surface area (TPSA) is 91.2 Å². The minimum atomic E-state index is -1.13. The molecule has 2 aromatic heterocycles. The lowest BCUT2D eigenvalue weighted by molar-refractivity contribution is 0.0695. The lowest BCUT2D eigenvalue weighted by atomic mass is 9.83. The summed E-state index contributed by atoms with van der Waals surface area (Å²) < 4.78 is 6.60. The lowest BCUT2D eigenvalue weighted by Crippen LogP contribution is -2.27. The van der Waals surface area contributed by atoms with Gasteiger partial charge in [0.1, 0.15) is 0 Å². The van der Waals surface area contributed by atoms with Gasteiger partial charge in [0.2, 0.25) is 0 Å². The predicted molar refractivity (Wildman–Crippen MR) is 146 cm³/mol. The molecule has 0 saturated carbocycles. The largest absolute Gasteiger partial charge is 0.478 e. The number of nitrogens with zero attached hydrogens (tertiary/aromatic N) is 4. The van der Waals surface area contributed by atoms with Gasteiger partial charge in [-0.15, -0.1) is 0 Å². The van der Waals surface area contributed by atoms with Crippen LogP contribution in [0.2, 0.25) is 0 Å². The first-order chi connectivity index (χ1) is 18.2. The van der Waals surface area contributed by atoms with Crippen molar-refractivity contribution in [2.24, 2.45) is 14.1 Å². The van der Waals surface area contributed by atoms with Gasteiger partial charge in [0.25, 0.3) is 11.1 Å². The standard InChI is InChI=1S/C30H28N4O4/c1-19-25(28(35)33(31(19)3)21-13-7-5-8-14-21)27(23-17-11-12-18-24(23)30(37)38)26-20(2)32(4)34(29(26)36)22-15-9-6-10-16-22/h5-18,27H,1-4H3,(H,37,38). The average molecular weight is 509 g/mol. The molecule has 0 amide bonds. The van der Waals surface area contributed by atoms with Gasteiger partial charge in [-0.05, 0) is 49.7 Å². The summed E-state index contributed by atoms with van der Waals surface area (Å²) in [4.78, 5) is 40.6. The lowest BCUT2D eigenvalue weighted by Gasteiger charge is -2.18. The Bertz CT molecular complexity index is 1670. The van der Waals surface area contributed by atoms with Crippen LogP contribution in [0.25, 0.3) is 11.4 Å². The van der Waals surface area contributed by atoms with Crippen molar-refractivity contribution in [1.29, 1.82) is 0 Å². The van der Waals surface area contributed by atoms with E-state index in [-0.39, 0.29) is 16.7 Å². The van der Waals surface area contributed by atoms with E-state index in [1.54, 1.807) is 51.0 Å². The summed E-state index contributed by atoms with van der Waals surface area (Å²) in [5.74, 6) is -2.03. The Morgan fingerprint density at radius 3 is 1.47 bits per heavy atom. The highest BCUT2D eigenvalue weighted by atomic mass is 16.4. The molecule has 3 aromatic carbocycles. The molecule has 0 saturated heterocycles. The number of para-hydroxylation sites is 2. The predicted octanol–water partition coefficient (Wildman–Crippen LogP) is 4.16. The Hall–Kier alpha value is -4.85. The summed E-state index contributed by atoms with van der Waals surface area (Å²) in [6.45, 7) is 3.64. The van der Waals surface area contributed by atoms with Crippen LogP contribution in [0, 0.1) is 13.8 Å². The molecule has 5 rings (SSSR count). The van der Waals surface area contributed by atoms with Crippen molar-refractivity contribution in [2.75, 3.05) is 0 Å². The molecule has 0 fully saturated rings. The summed E-state index contributed by atoms with van der Waals surface area (Å²) in [6.07, 6.45) is 0. The first-order valence-electron chi connectivity index (χ1n) is 12.2. The summed E-state index contributed by atoms with van der Waals surface area (Å²) in [6, 6.07) is 25.0. The number of carboxylic acids is 1. The molecule has 192 valence electrons. The van der Waals surface area contributed by atoms with E-state index in [0.717, 1.165) is 0 Å². The second kappa shape index (κ2) is 9.55. The van der Waals surface area contributed by atoms with Crippen LogP contribution in [0.1, 0.15) is 44.4 Å². The minimum absolute atomic E-state index is 0.0420. The van der Waals surface area contributed by atoms with Crippen LogP contribution in [0.4, 0.5) is 0 Å². The fourth-order valence-corrected chi connectivity index (χ4v) is 5.24. The first-order valence-corrected chi connectivity index (χ1v) is 12.2. The third-order valence-electron chi connectivity index (χ3n) is 7.28. The number of rotatable bonds is 6. The van der Waals surface area contributed by atoms with Crippen molar-refractivity contribution in [2.45, 2.75) is 19.8 Å². The van der Waals surface area contributed by atoms with Crippen molar-refractivity contribution in [3.63, 3.8) is 0 Å². The zero-order chi connectivity index (χ0) is 27.1. The zero-order valence-corrected chi connectivity index (χ0v) is 21.6. The fraction of sp³-hybridized carbons (Fsp3) is 0.167. The molecule has 0 spiro atoms. The number of aromatic nitrogens is 4. The van der Waals surface area contributed by atoms with E-state index in [1.807, 2.05) is 74.5 Å². The molecule has 0 atom stereocenters. The van der Waals surface area contributed by atoms with Crippen molar-refractivity contribution in [1.82, 2.24) is 18.7 Å². The van der Waals surface area contributed by atoms with E-state index < -0.39 is 11.9 Å². The van der Waals surface area contributed by atoms with Crippen LogP contribution in [-0.2, 0) is 14.1 Å². The fourth-order valence-electron chi connectivity index (χ4n) is 5.24. The van der Waals surface area contributed by atoms with Crippen LogP contribution in [0.5, 0.6) is 0 Å². The third kappa shape index (κ3) is 3.82. The van der Waals surface area contributed by atoms with E-state index in [4.69, 9.17) is 0 Å². The third-order valence-corrected chi connectivity index (χ3v) is 7.28. The van der Waals surface area contributed by atoms with Gasteiger partial charge in [-0.1, -0.05) is 54.6 Å². The number of carboxylic acid groups (broad SMARTS) is 1. The maximum Gasteiger partial charge on any atom is 0.335 e. The Labute approximate surface area is 219 Å². The van der Waals surface area contributed by atoms with Crippen LogP contribution >= 0.6 is 0 Å². The van der Waals surface area contributed by atoms with Gasteiger partial charge in [0.15, 0.2) is 0 Å². The summed E-state index contributed by atoms with van der Waals surface area (Å²) in [5, 5.41) is 10.1. The number of hydrogen-bond acceptors (Lipinski definition) is 3. The molecule has 0 aliphatic carbocycles. The molecule has 5 aromatic rings. The first kappa shape index (κ1) is 24.8. The van der Waals surface area contributed by atoms with Gasteiger partial charge in [-0.25, -0.2) is 14.2 Å². The molecular weight excluding hydrogens is 480 g/mol. The van der Waals surface area contributed by atoms with Gasteiger partial charge < -0.3 is 5.11 Å². The van der Waals surface area contributed by atoms with Gasteiger partial charge >= 0.3 is 5.97 Å². The van der Waals surface area contributed by atoms with E-state index in [9.17, 15) is 19.5 Å². The number of benzene rings is 3. The summed E-state index contributed by atoms with van der Waals surface area (Å²) in [7, 11) is 3.57. The number of carbonyl (C=O) groups is 1. The Balaban J connectivity index is 1.89. The highest BCUT2D eigenvalue weighted by Gasteiger charge is 2.34. The highest BCUT2D eigenvalue weighted by Crippen LogP contribution is 2.35. The van der Waals surface area contributed by atoms with E-state index in [2.05, 4.69) is 0 Å². The molecule has 8 heteroatoms. The Kier molecular flexibility index (Phi) is 6.24. The van der Waals surface area contributed by atoms with Gasteiger partial charge in [-0.3, -0.25) is 19.0 Å². The van der Waals surface area contributed by atoms with E-state index in [0.29, 0.717) is 39.5 Å². The number of hydrogen-bond donors (Lipinski definition) is 1. The van der Waals surface area contributed by atoms with Gasteiger partial charge in [-0.2, -0.15) is 0 Å². The summed E-state index contributed by atoms with van der Waals surface area (Å²) >= 11 is 0. The molecule has 2 heterocycles. The Morgan fingerprint density at radius 2 is 1.05 bits per heavy atom. The quantitative estimate of drug-likeness (QED) is 0.373. The maximum atomic E-state index is 14.1. The molecule has 0 unspecified atom stereocenters. The SMILES string of the molecule is Cc1c(C(c2ccccc2C(=O)O)c2c(C)n(C)n(-c3ccccc3)c2=O)c(=O)n(-c2ccccc2)n1C. The van der Waals surface area contributed by atoms with Crippen molar-refractivity contribution < 1.29 is 9.90 Å². The smallest absolute Gasteiger partial charge is 0.335 e. The minimum Gasteiger partial charge on any atom is -0.478 e.